The van der Waals surface area contributed by atoms with Crippen LogP contribution in [0.15, 0.2) is 66.2 Å². The lowest BCUT2D eigenvalue weighted by atomic mass is 9.94. The number of hydrogen-bond donors (Lipinski definition) is 1. The molecular formula is C32H29ClN2O5S. The van der Waals surface area contributed by atoms with Crippen LogP contribution in [0.3, 0.4) is 0 Å². The zero-order valence-corrected chi connectivity index (χ0v) is 24.5. The predicted molar refractivity (Wildman–Crippen MR) is 161 cm³/mol. The maximum atomic E-state index is 13.7. The fraction of sp³-hybridized carbons (Fsp3) is 0.281. The van der Waals surface area contributed by atoms with Gasteiger partial charge in [0.15, 0.2) is 5.13 Å². The molecule has 1 fully saturated rings. The van der Waals surface area contributed by atoms with E-state index in [-0.39, 0.29) is 17.4 Å². The number of ketones is 1. The Bertz CT molecular complexity index is 1710. The highest BCUT2D eigenvalue weighted by Gasteiger charge is 2.48. The fourth-order valence-corrected chi connectivity index (χ4v) is 6.51. The largest absolute Gasteiger partial charge is 0.507 e. The second-order valence-electron chi connectivity index (χ2n) is 10.8. The normalized spacial score (nSPS) is 19.7. The fourth-order valence-electron chi connectivity index (χ4n) is 5.25. The van der Waals surface area contributed by atoms with Crippen LogP contribution in [0.2, 0.25) is 5.02 Å². The first kappa shape index (κ1) is 27.3. The van der Waals surface area contributed by atoms with Gasteiger partial charge in [0.25, 0.3) is 5.78 Å². The summed E-state index contributed by atoms with van der Waals surface area (Å²) >= 11 is 7.47. The number of benzene rings is 3. The van der Waals surface area contributed by atoms with Gasteiger partial charge >= 0.3 is 5.91 Å². The monoisotopic (exact) mass is 588 g/mol. The smallest absolute Gasteiger partial charge is 0.301 e. The van der Waals surface area contributed by atoms with Gasteiger partial charge in [-0.2, -0.15) is 0 Å². The number of aliphatic hydroxyl groups excluding tert-OH is 1. The van der Waals surface area contributed by atoms with E-state index in [0.29, 0.717) is 51.5 Å². The highest BCUT2D eigenvalue weighted by Crippen LogP contribution is 2.45. The SMILES string of the molecule is CC(C)CCOc1cccc(C2/C(=C(\O)c3ccc4c(c3)CC(C)O4)C(=O)C(=O)N2c2nc3ccc(Cl)cc3s2)c1. The van der Waals surface area contributed by atoms with E-state index in [1.165, 1.54) is 16.2 Å². The lowest BCUT2D eigenvalue weighted by Crippen LogP contribution is -2.29. The van der Waals surface area contributed by atoms with Crippen molar-refractivity contribution in [2.24, 2.45) is 5.92 Å². The molecule has 1 N–H and O–H groups in total. The molecule has 7 nitrogen and oxygen atoms in total. The second-order valence-corrected chi connectivity index (χ2v) is 12.3. The number of carbonyl (C=O) groups is 2. The molecule has 0 aliphatic carbocycles. The van der Waals surface area contributed by atoms with Crippen LogP contribution >= 0.6 is 22.9 Å². The maximum Gasteiger partial charge on any atom is 0.301 e. The van der Waals surface area contributed by atoms with Gasteiger partial charge in [0.1, 0.15) is 23.4 Å². The molecule has 6 rings (SSSR count). The zero-order chi connectivity index (χ0) is 28.8. The van der Waals surface area contributed by atoms with Crippen molar-refractivity contribution >= 4 is 55.7 Å². The van der Waals surface area contributed by atoms with Gasteiger partial charge in [0.2, 0.25) is 0 Å². The zero-order valence-electron chi connectivity index (χ0n) is 22.9. The van der Waals surface area contributed by atoms with Gasteiger partial charge in [0.05, 0.1) is 28.4 Å². The molecule has 9 heteroatoms. The number of hydrogen-bond acceptors (Lipinski definition) is 7. The summed E-state index contributed by atoms with van der Waals surface area (Å²) in [5, 5.41) is 12.5. The molecule has 2 atom stereocenters. The summed E-state index contributed by atoms with van der Waals surface area (Å²) in [6, 6.07) is 17.0. The van der Waals surface area contributed by atoms with Gasteiger partial charge < -0.3 is 14.6 Å². The van der Waals surface area contributed by atoms with Crippen LogP contribution in [0.4, 0.5) is 5.13 Å². The Balaban J connectivity index is 1.48. The van der Waals surface area contributed by atoms with Crippen molar-refractivity contribution in [2.75, 3.05) is 11.5 Å². The van der Waals surface area contributed by atoms with E-state index >= 15 is 0 Å². The summed E-state index contributed by atoms with van der Waals surface area (Å²) in [5.74, 6) is 0.0814. The molecule has 2 aliphatic rings. The lowest BCUT2D eigenvalue weighted by Gasteiger charge is -2.23. The number of fused-ring (bicyclic) bond motifs is 2. The Morgan fingerprint density at radius 3 is 2.80 bits per heavy atom. The number of aromatic nitrogens is 1. The van der Waals surface area contributed by atoms with E-state index in [4.69, 9.17) is 21.1 Å². The number of Topliss-reactive ketones (excluding diaryl/α,β-unsaturated/α-hetero) is 1. The van der Waals surface area contributed by atoms with Crippen LogP contribution in [0, 0.1) is 5.92 Å². The number of aliphatic hydroxyl groups is 1. The van der Waals surface area contributed by atoms with Crippen molar-refractivity contribution in [3.8, 4) is 11.5 Å². The standard InChI is InChI=1S/C32H29ClN2O5S/c1-17(2)11-12-39-23-6-4-5-19(15-23)28-27(29(36)20-7-10-25-21(14-20)13-18(3)40-25)30(37)31(38)35(28)32-34-24-9-8-22(33)16-26(24)41-32/h4-10,14-18,28,36H,11-13H2,1-3H3/b29-27+. The van der Waals surface area contributed by atoms with Crippen molar-refractivity contribution in [3.63, 3.8) is 0 Å². The van der Waals surface area contributed by atoms with Gasteiger partial charge in [-0.05, 0) is 78.9 Å². The molecular weight excluding hydrogens is 560 g/mol. The number of nitrogens with zero attached hydrogens (tertiary/aromatic N) is 2. The molecule has 0 bridgehead atoms. The summed E-state index contributed by atoms with van der Waals surface area (Å²) in [6.07, 6.45) is 1.61. The summed E-state index contributed by atoms with van der Waals surface area (Å²) in [4.78, 5) is 33.4. The molecule has 0 radical (unpaired) electrons. The van der Waals surface area contributed by atoms with Gasteiger partial charge in [-0.1, -0.05) is 48.9 Å². The first-order chi connectivity index (χ1) is 19.7. The number of thiazole rings is 1. The molecule has 1 aromatic heterocycles. The van der Waals surface area contributed by atoms with Crippen molar-refractivity contribution < 1.29 is 24.2 Å². The molecule has 2 aliphatic heterocycles. The number of ether oxygens (including phenoxy) is 2. The number of amides is 1. The Morgan fingerprint density at radius 1 is 1.17 bits per heavy atom. The maximum absolute atomic E-state index is 13.7. The predicted octanol–water partition coefficient (Wildman–Crippen LogP) is 7.32. The molecule has 2 unspecified atom stereocenters. The second kappa shape index (κ2) is 10.8. The third-order valence-electron chi connectivity index (χ3n) is 7.30. The molecule has 1 amide bonds. The highest BCUT2D eigenvalue weighted by molar-refractivity contribution is 7.22. The minimum atomic E-state index is -0.914. The van der Waals surface area contributed by atoms with Crippen LogP contribution in [0.25, 0.3) is 16.0 Å². The average Bonchev–Trinajstić information content (AvgIpc) is 3.60. The number of rotatable bonds is 7. The van der Waals surface area contributed by atoms with Gasteiger partial charge in [-0.25, -0.2) is 4.98 Å². The van der Waals surface area contributed by atoms with Crippen molar-refractivity contribution in [1.82, 2.24) is 4.98 Å². The molecule has 1 saturated heterocycles. The van der Waals surface area contributed by atoms with E-state index < -0.39 is 17.7 Å². The molecule has 210 valence electrons. The molecule has 3 aromatic carbocycles. The Kier molecular flexibility index (Phi) is 7.21. The minimum absolute atomic E-state index is 0.00136. The van der Waals surface area contributed by atoms with Crippen molar-refractivity contribution in [3.05, 3.63) is 87.9 Å². The summed E-state index contributed by atoms with van der Waals surface area (Å²) in [5.41, 5.74) is 2.68. The molecule has 4 aromatic rings. The van der Waals surface area contributed by atoms with Crippen LogP contribution in [-0.2, 0) is 16.0 Å². The number of halogens is 1. The lowest BCUT2D eigenvalue weighted by molar-refractivity contribution is -0.132. The van der Waals surface area contributed by atoms with Crippen LogP contribution < -0.4 is 14.4 Å². The molecule has 41 heavy (non-hydrogen) atoms. The van der Waals surface area contributed by atoms with Gasteiger partial charge in [-0.3, -0.25) is 14.5 Å². The highest BCUT2D eigenvalue weighted by atomic mass is 35.5. The van der Waals surface area contributed by atoms with Gasteiger partial charge in [-0.15, -0.1) is 0 Å². The van der Waals surface area contributed by atoms with Crippen molar-refractivity contribution in [1.29, 1.82) is 0 Å². The van der Waals surface area contributed by atoms with E-state index in [1.54, 1.807) is 30.3 Å². The Hall–Kier alpha value is -3.88. The van der Waals surface area contributed by atoms with Crippen LogP contribution in [0.1, 0.15) is 49.9 Å². The summed E-state index contributed by atoms with van der Waals surface area (Å²) in [6.45, 7) is 6.77. The quantitative estimate of drug-likeness (QED) is 0.138. The Morgan fingerprint density at radius 2 is 2.00 bits per heavy atom. The first-order valence-electron chi connectivity index (χ1n) is 13.6. The van der Waals surface area contributed by atoms with Crippen molar-refractivity contribution in [2.45, 2.75) is 45.8 Å². The molecule has 0 spiro atoms. The van der Waals surface area contributed by atoms with E-state index in [2.05, 4.69) is 18.8 Å². The molecule has 3 heterocycles. The van der Waals surface area contributed by atoms with E-state index in [0.717, 1.165) is 22.4 Å². The third-order valence-corrected chi connectivity index (χ3v) is 8.55. The van der Waals surface area contributed by atoms with Crippen LogP contribution in [0.5, 0.6) is 11.5 Å². The number of carbonyl (C=O) groups excluding carboxylic acids is 2. The van der Waals surface area contributed by atoms with E-state index in [1.807, 2.05) is 37.3 Å². The first-order valence-corrected chi connectivity index (χ1v) is 14.8. The average molecular weight is 589 g/mol. The Labute approximate surface area is 247 Å². The summed E-state index contributed by atoms with van der Waals surface area (Å²) in [7, 11) is 0. The minimum Gasteiger partial charge on any atom is -0.507 e. The third kappa shape index (κ3) is 5.18. The van der Waals surface area contributed by atoms with Crippen LogP contribution in [-0.4, -0.2) is 34.5 Å². The topological polar surface area (TPSA) is 89.0 Å². The van der Waals surface area contributed by atoms with Gasteiger partial charge in [0, 0.05) is 17.0 Å². The molecule has 0 saturated carbocycles. The number of anilines is 1. The van der Waals surface area contributed by atoms with E-state index in [9.17, 15) is 14.7 Å². The summed E-state index contributed by atoms with van der Waals surface area (Å²) < 4.78 is 12.6.